The molecule has 15 nitrogen and oxygen atoms in total. The van der Waals surface area contributed by atoms with E-state index in [0.29, 0.717) is 6.42 Å². The zero-order valence-electron chi connectivity index (χ0n) is 20.1. The molecule has 0 spiro atoms. The van der Waals surface area contributed by atoms with Gasteiger partial charge in [-0.15, -0.1) is 0 Å². The van der Waals surface area contributed by atoms with Gasteiger partial charge in [0.05, 0.1) is 18.6 Å². The number of nitrogens with zero attached hydrogens (tertiary/aromatic N) is 1. The Labute approximate surface area is 202 Å². The number of hydrogen-bond donors (Lipinski definition) is 9. The molecular weight excluding hydrogens is 466 g/mol. The van der Waals surface area contributed by atoms with Gasteiger partial charge in [-0.25, -0.2) is 4.79 Å². The molecule has 5 atom stereocenters. The molecule has 5 unspecified atom stereocenters. The largest absolute Gasteiger partial charge is 0.481 e. The first-order valence-electron chi connectivity index (χ1n) is 11.0. The molecule has 0 saturated carbocycles. The van der Waals surface area contributed by atoms with Crippen molar-refractivity contribution in [2.24, 2.45) is 28.1 Å². The molecule has 0 aliphatic carbocycles. The fourth-order valence-electron chi connectivity index (χ4n) is 2.93. The number of guanidine groups is 1. The molecule has 0 aliphatic heterocycles. The molecule has 3 amide bonds. The lowest BCUT2D eigenvalue weighted by Gasteiger charge is -2.27. The summed E-state index contributed by atoms with van der Waals surface area (Å²) < 4.78 is 0. The van der Waals surface area contributed by atoms with E-state index >= 15 is 0 Å². The lowest BCUT2D eigenvalue weighted by Crippen LogP contribution is -2.60. The van der Waals surface area contributed by atoms with Crippen molar-refractivity contribution in [2.45, 2.75) is 76.7 Å². The molecule has 200 valence electrons. The van der Waals surface area contributed by atoms with E-state index in [0.717, 1.165) is 0 Å². The number of aliphatic carboxylic acids is 2. The average Bonchev–Trinajstić information content (AvgIpc) is 2.72. The molecule has 12 N–H and O–H groups in total. The highest BCUT2D eigenvalue weighted by molar-refractivity contribution is 5.94. The SMILES string of the molecule is CC(C)CC(NC(=O)C(N)CCCN=C(N)N)C(=O)NC(C(=O)NC(CC(=O)O)C(=O)O)C(C)O. The van der Waals surface area contributed by atoms with Crippen LogP contribution >= 0.6 is 0 Å². The fraction of sp³-hybridized carbons (Fsp3) is 0.700. The molecule has 0 aromatic heterocycles. The first-order valence-corrected chi connectivity index (χ1v) is 11.0. The van der Waals surface area contributed by atoms with Gasteiger partial charge in [0.15, 0.2) is 5.96 Å². The fourth-order valence-corrected chi connectivity index (χ4v) is 2.93. The second-order valence-electron chi connectivity index (χ2n) is 8.47. The second-order valence-corrected chi connectivity index (χ2v) is 8.47. The predicted molar refractivity (Wildman–Crippen MR) is 125 cm³/mol. The number of aliphatic hydroxyl groups excluding tert-OH is 1. The zero-order valence-corrected chi connectivity index (χ0v) is 20.1. The Hall–Kier alpha value is -3.46. The van der Waals surface area contributed by atoms with Crippen molar-refractivity contribution in [2.75, 3.05) is 6.54 Å². The summed E-state index contributed by atoms with van der Waals surface area (Å²) in [6.45, 7) is 5.04. The monoisotopic (exact) mass is 503 g/mol. The molecule has 0 aliphatic rings. The molecule has 35 heavy (non-hydrogen) atoms. The summed E-state index contributed by atoms with van der Waals surface area (Å²) in [4.78, 5) is 63.7. The van der Waals surface area contributed by atoms with Gasteiger partial charge in [-0.3, -0.25) is 24.2 Å². The van der Waals surface area contributed by atoms with Gasteiger partial charge in [0, 0.05) is 6.54 Å². The smallest absolute Gasteiger partial charge is 0.326 e. The molecule has 0 aromatic rings. The minimum absolute atomic E-state index is 0.0603. The van der Waals surface area contributed by atoms with Gasteiger partial charge in [0.2, 0.25) is 17.7 Å². The summed E-state index contributed by atoms with van der Waals surface area (Å²) in [6, 6.07) is -5.47. The van der Waals surface area contributed by atoms with E-state index < -0.39 is 66.4 Å². The number of nitrogens with one attached hydrogen (secondary N) is 3. The molecule has 0 radical (unpaired) electrons. The van der Waals surface area contributed by atoms with Crippen LogP contribution in [0.25, 0.3) is 0 Å². The van der Waals surface area contributed by atoms with Crippen molar-refractivity contribution >= 4 is 35.6 Å². The maximum atomic E-state index is 12.9. The minimum Gasteiger partial charge on any atom is -0.481 e. The molecule has 0 rings (SSSR count). The Morgan fingerprint density at radius 3 is 1.91 bits per heavy atom. The number of rotatable bonds is 16. The molecule has 0 aromatic carbocycles. The normalized spacial score (nSPS) is 15.1. The Balaban J connectivity index is 5.34. The van der Waals surface area contributed by atoms with E-state index in [1.54, 1.807) is 13.8 Å². The Bertz CT molecular complexity index is 783. The van der Waals surface area contributed by atoms with Gasteiger partial charge in [-0.2, -0.15) is 0 Å². The van der Waals surface area contributed by atoms with E-state index in [4.69, 9.17) is 27.4 Å². The van der Waals surface area contributed by atoms with Crippen LogP contribution in [0.5, 0.6) is 0 Å². The highest BCUT2D eigenvalue weighted by Crippen LogP contribution is 2.08. The number of carbonyl (C=O) groups is 5. The molecule has 0 bridgehead atoms. The summed E-state index contributed by atoms with van der Waals surface area (Å²) in [5.41, 5.74) is 16.3. The van der Waals surface area contributed by atoms with Crippen molar-refractivity contribution < 1.29 is 39.3 Å². The number of nitrogens with two attached hydrogens (primary N) is 3. The van der Waals surface area contributed by atoms with E-state index in [9.17, 15) is 29.1 Å². The molecule has 15 heteroatoms. The first-order chi connectivity index (χ1) is 16.1. The van der Waals surface area contributed by atoms with Gasteiger partial charge in [0.25, 0.3) is 0 Å². The zero-order chi connectivity index (χ0) is 27.3. The van der Waals surface area contributed by atoms with E-state index in [-0.39, 0.29) is 31.3 Å². The number of carboxylic acids is 2. The number of carbonyl (C=O) groups excluding carboxylic acids is 3. The van der Waals surface area contributed by atoms with E-state index in [2.05, 4.69) is 15.6 Å². The predicted octanol–water partition coefficient (Wildman–Crippen LogP) is -3.19. The maximum Gasteiger partial charge on any atom is 0.326 e. The van der Waals surface area contributed by atoms with Crippen LogP contribution in [0.1, 0.15) is 46.5 Å². The average molecular weight is 504 g/mol. The third kappa shape index (κ3) is 13.1. The van der Waals surface area contributed by atoms with Gasteiger partial charge in [-0.05, 0) is 32.1 Å². The van der Waals surface area contributed by atoms with Crippen LogP contribution in [0.15, 0.2) is 4.99 Å². The third-order valence-corrected chi connectivity index (χ3v) is 4.70. The summed E-state index contributed by atoms with van der Waals surface area (Å²) in [5.74, 6) is -5.76. The summed E-state index contributed by atoms with van der Waals surface area (Å²) in [6.07, 6.45) is -1.56. The van der Waals surface area contributed by atoms with Crippen LogP contribution in [0.2, 0.25) is 0 Å². The topological polar surface area (TPSA) is 273 Å². The number of hydrogen-bond acceptors (Lipinski definition) is 8. The highest BCUT2D eigenvalue weighted by atomic mass is 16.4. The third-order valence-electron chi connectivity index (χ3n) is 4.70. The standard InChI is InChI=1S/C20H37N7O8/c1-9(2)7-12(25-16(31)11(21)5-4-6-24-20(22)23)17(32)27-15(10(3)28)18(33)26-13(19(34)35)8-14(29)30/h9-13,15,28H,4-8,21H2,1-3H3,(H,25,31)(H,26,33)(H,27,32)(H,29,30)(H,34,35)(H4,22,23,24). The van der Waals surface area contributed by atoms with Gasteiger partial charge < -0.3 is 48.5 Å². The van der Waals surface area contributed by atoms with Crippen LogP contribution < -0.4 is 33.2 Å². The van der Waals surface area contributed by atoms with Gasteiger partial charge in [0.1, 0.15) is 18.1 Å². The van der Waals surface area contributed by atoms with E-state index in [1.807, 2.05) is 5.32 Å². The first kappa shape index (κ1) is 31.5. The maximum absolute atomic E-state index is 12.9. The number of aliphatic hydroxyl groups is 1. The lowest BCUT2D eigenvalue weighted by atomic mass is 10.0. The van der Waals surface area contributed by atoms with Crippen LogP contribution in [0, 0.1) is 5.92 Å². The number of carboxylic acid groups (broad SMARTS) is 2. The Morgan fingerprint density at radius 1 is 0.886 bits per heavy atom. The van der Waals surface area contributed by atoms with Crippen molar-refractivity contribution in [3.63, 3.8) is 0 Å². The molecule has 0 heterocycles. The van der Waals surface area contributed by atoms with E-state index in [1.165, 1.54) is 6.92 Å². The summed E-state index contributed by atoms with van der Waals surface area (Å²) in [7, 11) is 0. The van der Waals surface area contributed by atoms with Crippen molar-refractivity contribution in [3.05, 3.63) is 0 Å². The van der Waals surface area contributed by atoms with Crippen molar-refractivity contribution in [1.29, 1.82) is 0 Å². The van der Waals surface area contributed by atoms with Crippen LogP contribution in [0.4, 0.5) is 0 Å². The van der Waals surface area contributed by atoms with Crippen LogP contribution in [0.3, 0.4) is 0 Å². The lowest BCUT2D eigenvalue weighted by molar-refractivity contribution is -0.148. The van der Waals surface area contributed by atoms with Crippen LogP contribution in [-0.4, -0.2) is 87.8 Å². The number of aliphatic imine (C=N–C) groups is 1. The highest BCUT2D eigenvalue weighted by Gasteiger charge is 2.33. The Morgan fingerprint density at radius 2 is 1.46 bits per heavy atom. The van der Waals surface area contributed by atoms with Crippen molar-refractivity contribution in [3.8, 4) is 0 Å². The summed E-state index contributed by atoms with van der Waals surface area (Å²) in [5, 5.41) is 34.7. The summed E-state index contributed by atoms with van der Waals surface area (Å²) >= 11 is 0. The van der Waals surface area contributed by atoms with Crippen LogP contribution in [-0.2, 0) is 24.0 Å². The van der Waals surface area contributed by atoms with Crippen molar-refractivity contribution in [1.82, 2.24) is 16.0 Å². The molecular formula is C20H37N7O8. The minimum atomic E-state index is -1.78. The van der Waals surface area contributed by atoms with Gasteiger partial charge >= 0.3 is 11.9 Å². The second kappa shape index (κ2) is 15.4. The number of amides is 3. The quantitative estimate of drug-likeness (QED) is 0.0574. The molecule has 0 fully saturated rings. The Kier molecular flexibility index (Phi) is 13.9. The van der Waals surface area contributed by atoms with Gasteiger partial charge in [-0.1, -0.05) is 13.8 Å². The molecule has 0 saturated heterocycles.